The SMILES string of the molecule is CC/C=C\C/C=C\C/C=C\C/C=C\CCCCCCCCCCC(=O)OCC(COC(=O)CCCCCCCCCCCCCCCCCCC)OC(=O)CCCCCCCCCCCCCCCCCCCCCC. The fourth-order valence-electron chi connectivity index (χ4n) is 10.1. The van der Waals surface area contributed by atoms with Crippen LogP contribution in [0, 0.1) is 0 Å². The van der Waals surface area contributed by atoms with Gasteiger partial charge in [0.15, 0.2) is 6.10 Å². The van der Waals surface area contributed by atoms with Crippen LogP contribution in [0.4, 0.5) is 0 Å². The lowest BCUT2D eigenvalue weighted by Crippen LogP contribution is -2.30. The molecule has 0 amide bonds. The van der Waals surface area contributed by atoms with E-state index in [0.29, 0.717) is 19.3 Å². The molecule has 0 aromatic heterocycles. The molecule has 0 radical (unpaired) electrons. The summed E-state index contributed by atoms with van der Waals surface area (Å²) in [5, 5.41) is 0. The highest BCUT2D eigenvalue weighted by Crippen LogP contribution is 2.18. The Bertz CT molecular complexity index is 1310. The largest absolute Gasteiger partial charge is 0.462 e. The summed E-state index contributed by atoms with van der Waals surface area (Å²) in [5.74, 6) is -0.850. The van der Waals surface area contributed by atoms with Gasteiger partial charge in [-0.25, -0.2) is 0 Å². The lowest BCUT2D eigenvalue weighted by Gasteiger charge is -2.18. The van der Waals surface area contributed by atoms with Gasteiger partial charge in [-0.3, -0.25) is 14.4 Å². The Hall–Kier alpha value is -2.63. The second kappa shape index (κ2) is 64.9. The predicted octanol–water partition coefficient (Wildman–Crippen LogP) is 22.9. The van der Waals surface area contributed by atoms with Crippen molar-refractivity contribution in [2.75, 3.05) is 13.2 Å². The van der Waals surface area contributed by atoms with Crippen molar-refractivity contribution < 1.29 is 28.6 Å². The molecular formula is C70H128O6. The lowest BCUT2D eigenvalue weighted by molar-refractivity contribution is -0.167. The molecule has 0 rings (SSSR count). The van der Waals surface area contributed by atoms with Gasteiger partial charge in [-0.2, -0.15) is 0 Å². The molecule has 6 nitrogen and oxygen atoms in total. The van der Waals surface area contributed by atoms with Crippen LogP contribution in [0.2, 0.25) is 0 Å². The molecule has 1 unspecified atom stereocenters. The summed E-state index contributed by atoms with van der Waals surface area (Å²) >= 11 is 0. The molecule has 6 heteroatoms. The van der Waals surface area contributed by atoms with E-state index in [1.807, 2.05) is 0 Å². The van der Waals surface area contributed by atoms with Gasteiger partial charge in [-0.05, 0) is 57.8 Å². The molecule has 0 aromatic carbocycles. The van der Waals surface area contributed by atoms with Crippen LogP contribution in [0.25, 0.3) is 0 Å². The molecular weight excluding hydrogens is 937 g/mol. The zero-order chi connectivity index (χ0) is 55.0. The normalized spacial score (nSPS) is 12.3. The van der Waals surface area contributed by atoms with E-state index in [-0.39, 0.29) is 31.1 Å². The molecule has 0 fully saturated rings. The second-order valence-electron chi connectivity index (χ2n) is 22.7. The predicted molar refractivity (Wildman–Crippen MR) is 330 cm³/mol. The molecule has 444 valence electrons. The molecule has 0 spiro atoms. The third-order valence-electron chi connectivity index (χ3n) is 15.1. The van der Waals surface area contributed by atoms with Crippen molar-refractivity contribution in [1.82, 2.24) is 0 Å². The van der Waals surface area contributed by atoms with Crippen LogP contribution in [0.15, 0.2) is 48.6 Å². The molecule has 0 aliphatic carbocycles. The summed E-state index contributed by atoms with van der Waals surface area (Å²) in [6, 6.07) is 0. The van der Waals surface area contributed by atoms with E-state index < -0.39 is 6.10 Å². The minimum atomic E-state index is -0.774. The summed E-state index contributed by atoms with van der Waals surface area (Å²) in [6.45, 7) is 6.59. The molecule has 1 atom stereocenters. The zero-order valence-electron chi connectivity index (χ0n) is 51.0. The third kappa shape index (κ3) is 62.2. The second-order valence-corrected chi connectivity index (χ2v) is 22.7. The summed E-state index contributed by atoms with van der Waals surface area (Å²) in [7, 11) is 0. The van der Waals surface area contributed by atoms with Gasteiger partial charge in [0, 0.05) is 19.3 Å². The average molecular weight is 1070 g/mol. The number of esters is 3. The van der Waals surface area contributed by atoms with Crippen molar-refractivity contribution in [3.63, 3.8) is 0 Å². The Morgan fingerprint density at radius 2 is 0.513 bits per heavy atom. The standard InChI is InChI=1S/C70H128O6/c1-4-7-10-13-16-19-22-25-28-31-33-35-37-39-42-45-48-51-54-57-60-63-69(72)75-66-67(65-74-68(71)62-59-56-53-50-47-44-41-38-30-27-24-21-18-15-12-9-6-3)76-70(73)64-61-58-55-52-49-46-43-40-36-34-32-29-26-23-20-17-14-11-8-5-2/h7,10,16,19,25,28,33,35,67H,4-6,8-9,11-15,17-18,20-24,26-27,29-32,34,36-66H2,1-3H3/b10-7-,19-16-,28-25-,35-33-. The topological polar surface area (TPSA) is 78.9 Å². The van der Waals surface area contributed by atoms with Gasteiger partial charge in [0.1, 0.15) is 13.2 Å². The first kappa shape index (κ1) is 73.4. The smallest absolute Gasteiger partial charge is 0.306 e. The third-order valence-corrected chi connectivity index (χ3v) is 15.1. The number of carbonyl (C=O) groups excluding carboxylic acids is 3. The van der Waals surface area contributed by atoms with Gasteiger partial charge < -0.3 is 14.2 Å². The molecule has 0 aliphatic heterocycles. The molecule has 0 saturated carbocycles. The molecule has 0 N–H and O–H groups in total. The van der Waals surface area contributed by atoms with Gasteiger partial charge in [0.05, 0.1) is 0 Å². The number of ether oxygens (including phenoxy) is 3. The average Bonchev–Trinajstić information content (AvgIpc) is 3.42. The van der Waals surface area contributed by atoms with E-state index in [0.717, 1.165) is 89.9 Å². The van der Waals surface area contributed by atoms with E-state index in [9.17, 15) is 14.4 Å². The maximum Gasteiger partial charge on any atom is 0.306 e. The van der Waals surface area contributed by atoms with E-state index in [1.165, 1.54) is 231 Å². The Balaban J connectivity index is 4.33. The molecule has 0 heterocycles. The van der Waals surface area contributed by atoms with Crippen molar-refractivity contribution in [3.05, 3.63) is 48.6 Å². The van der Waals surface area contributed by atoms with Crippen molar-refractivity contribution in [3.8, 4) is 0 Å². The van der Waals surface area contributed by atoms with Gasteiger partial charge in [-0.1, -0.05) is 333 Å². The number of allylic oxidation sites excluding steroid dienone is 8. The van der Waals surface area contributed by atoms with Crippen LogP contribution in [0.5, 0.6) is 0 Å². The Kier molecular flexibility index (Phi) is 62.6. The minimum Gasteiger partial charge on any atom is -0.462 e. The Morgan fingerprint density at radius 3 is 0.803 bits per heavy atom. The first-order chi connectivity index (χ1) is 37.5. The number of rotatable bonds is 62. The van der Waals surface area contributed by atoms with Crippen LogP contribution in [-0.2, 0) is 28.6 Å². The number of hydrogen-bond acceptors (Lipinski definition) is 6. The molecule has 76 heavy (non-hydrogen) atoms. The fourth-order valence-corrected chi connectivity index (χ4v) is 10.1. The van der Waals surface area contributed by atoms with Gasteiger partial charge in [0.2, 0.25) is 0 Å². The van der Waals surface area contributed by atoms with Crippen LogP contribution >= 0.6 is 0 Å². The van der Waals surface area contributed by atoms with E-state index in [1.54, 1.807) is 0 Å². The molecule has 0 saturated heterocycles. The Morgan fingerprint density at radius 1 is 0.276 bits per heavy atom. The van der Waals surface area contributed by atoms with Gasteiger partial charge >= 0.3 is 17.9 Å². The van der Waals surface area contributed by atoms with Crippen LogP contribution < -0.4 is 0 Å². The molecule has 0 aliphatic rings. The van der Waals surface area contributed by atoms with Crippen molar-refractivity contribution in [1.29, 1.82) is 0 Å². The van der Waals surface area contributed by atoms with Crippen LogP contribution in [-0.4, -0.2) is 37.2 Å². The van der Waals surface area contributed by atoms with Gasteiger partial charge in [0.25, 0.3) is 0 Å². The summed E-state index contributed by atoms with van der Waals surface area (Å²) < 4.78 is 17.0. The highest BCUT2D eigenvalue weighted by molar-refractivity contribution is 5.71. The first-order valence-corrected chi connectivity index (χ1v) is 33.6. The van der Waals surface area contributed by atoms with Crippen molar-refractivity contribution >= 4 is 17.9 Å². The van der Waals surface area contributed by atoms with Crippen LogP contribution in [0.3, 0.4) is 0 Å². The van der Waals surface area contributed by atoms with Crippen molar-refractivity contribution in [2.45, 2.75) is 367 Å². The van der Waals surface area contributed by atoms with Crippen molar-refractivity contribution in [2.24, 2.45) is 0 Å². The van der Waals surface area contributed by atoms with E-state index >= 15 is 0 Å². The lowest BCUT2D eigenvalue weighted by atomic mass is 10.0. The summed E-state index contributed by atoms with van der Waals surface area (Å²) in [5.41, 5.74) is 0. The van der Waals surface area contributed by atoms with Gasteiger partial charge in [-0.15, -0.1) is 0 Å². The molecule has 0 bridgehead atoms. The highest BCUT2D eigenvalue weighted by Gasteiger charge is 2.19. The van der Waals surface area contributed by atoms with E-state index in [2.05, 4.69) is 69.4 Å². The number of unbranched alkanes of at least 4 members (excludes halogenated alkanes) is 43. The van der Waals surface area contributed by atoms with Crippen LogP contribution in [0.1, 0.15) is 361 Å². The zero-order valence-corrected chi connectivity index (χ0v) is 51.0. The summed E-state index contributed by atoms with van der Waals surface area (Å²) in [4.78, 5) is 38.4. The Labute approximate surface area is 473 Å². The van der Waals surface area contributed by atoms with E-state index in [4.69, 9.17) is 14.2 Å². The minimum absolute atomic E-state index is 0.0699. The summed E-state index contributed by atoms with van der Waals surface area (Å²) in [6.07, 6.45) is 81.2. The number of carbonyl (C=O) groups is 3. The fraction of sp³-hybridized carbons (Fsp3) is 0.843. The highest BCUT2D eigenvalue weighted by atomic mass is 16.6. The number of hydrogen-bond donors (Lipinski definition) is 0. The first-order valence-electron chi connectivity index (χ1n) is 33.6. The quantitative estimate of drug-likeness (QED) is 0.0261. The maximum atomic E-state index is 12.9. The molecule has 0 aromatic rings. The monoisotopic (exact) mass is 1060 g/mol. The maximum absolute atomic E-state index is 12.9.